The third-order valence-corrected chi connectivity index (χ3v) is 2.19. The first-order chi connectivity index (χ1) is 6.74. The highest BCUT2D eigenvalue weighted by atomic mass is 16.7. The number of aldehydes is 1. The van der Waals surface area contributed by atoms with E-state index in [1.807, 2.05) is 6.07 Å². The van der Waals surface area contributed by atoms with E-state index in [9.17, 15) is 4.79 Å². The minimum Gasteiger partial charge on any atom is -0.453 e. The summed E-state index contributed by atoms with van der Waals surface area (Å²) >= 11 is 0. The summed E-state index contributed by atoms with van der Waals surface area (Å²) < 4.78 is 10.6. The van der Waals surface area contributed by atoms with Gasteiger partial charge in [0, 0.05) is 18.1 Å². The van der Waals surface area contributed by atoms with Gasteiger partial charge in [-0.1, -0.05) is 18.2 Å². The molecule has 0 saturated carbocycles. The van der Waals surface area contributed by atoms with Crippen LogP contribution in [0.25, 0.3) is 0 Å². The largest absolute Gasteiger partial charge is 0.453 e. The Morgan fingerprint density at radius 1 is 1.29 bits per heavy atom. The highest BCUT2D eigenvalue weighted by Gasteiger charge is 2.31. The molecular weight excluding hydrogens is 180 g/mol. The highest BCUT2D eigenvalue weighted by molar-refractivity contribution is 5.75. The molecule has 0 radical (unpaired) electrons. The van der Waals surface area contributed by atoms with Gasteiger partial charge >= 0.3 is 0 Å². The Balaban J connectivity index is 2.36. The fraction of sp³-hybridized carbons (Fsp3) is 0.182. The van der Waals surface area contributed by atoms with E-state index in [1.54, 1.807) is 25.1 Å². The molecule has 0 amide bonds. The predicted molar refractivity (Wildman–Crippen MR) is 50.5 cm³/mol. The number of rotatable bonds is 2. The summed E-state index contributed by atoms with van der Waals surface area (Å²) in [6.07, 6.45) is 3.79. The van der Waals surface area contributed by atoms with Crippen molar-refractivity contribution in [2.24, 2.45) is 0 Å². The second-order valence-electron chi connectivity index (χ2n) is 3.20. The second kappa shape index (κ2) is 3.18. The molecule has 72 valence electrons. The molecule has 1 aliphatic heterocycles. The normalized spacial score (nSPS) is 17.2. The van der Waals surface area contributed by atoms with Gasteiger partial charge in [-0.25, -0.2) is 0 Å². The lowest BCUT2D eigenvalue weighted by molar-refractivity contribution is -0.133. The van der Waals surface area contributed by atoms with E-state index in [0.717, 1.165) is 11.8 Å². The average Bonchev–Trinajstić information content (AvgIpc) is 2.67. The fourth-order valence-electron chi connectivity index (χ4n) is 1.37. The monoisotopic (exact) mass is 190 g/mol. The SMILES string of the molecule is CC1(c2cccc(C=O)c2)OC=CO1. The third kappa shape index (κ3) is 1.37. The van der Waals surface area contributed by atoms with Crippen LogP contribution in [-0.4, -0.2) is 6.29 Å². The van der Waals surface area contributed by atoms with E-state index < -0.39 is 5.79 Å². The van der Waals surface area contributed by atoms with E-state index in [-0.39, 0.29) is 0 Å². The van der Waals surface area contributed by atoms with E-state index >= 15 is 0 Å². The van der Waals surface area contributed by atoms with Crippen molar-refractivity contribution < 1.29 is 14.3 Å². The van der Waals surface area contributed by atoms with Crippen molar-refractivity contribution in [1.29, 1.82) is 0 Å². The Morgan fingerprint density at radius 2 is 2.00 bits per heavy atom. The van der Waals surface area contributed by atoms with Crippen molar-refractivity contribution in [3.63, 3.8) is 0 Å². The predicted octanol–water partition coefficient (Wildman–Crippen LogP) is 2.19. The van der Waals surface area contributed by atoms with Crippen molar-refractivity contribution >= 4 is 6.29 Å². The molecule has 0 bridgehead atoms. The molecule has 2 rings (SSSR count). The Bertz CT molecular complexity index is 374. The number of carbonyl (C=O) groups is 1. The maximum atomic E-state index is 10.6. The summed E-state index contributed by atoms with van der Waals surface area (Å²) in [4.78, 5) is 10.6. The van der Waals surface area contributed by atoms with Crippen LogP contribution in [0.15, 0.2) is 36.8 Å². The summed E-state index contributed by atoms with van der Waals surface area (Å²) in [5.74, 6) is -0.793. The molecule has 1 heterocycles. The first kappa shape index (κ1) is 8.81. The molecule has 0 spiro atoms. The van der Waals surface area contributed by atoms with Crippen LogP contribution in [-0.2, 0) is 15.3 Å². The van der Waals surface area contributed by atoms with Gasteiger partial charge in [-0.3, -0.25) is 4.79 Å². The number of hydrogen-bond acceptors (Lipinski definition) is 3. The molecule has 3 nitrogen and oxygen atoms in total. The molecule has 3 heteroatoms. The topological polar surface area (TPSA) is 35.5 Å². The van der Waals surface area contributed by atoms with Gasteiger partial charge < -0.3 is 9.47 Å². The van der Waals surface area contributed by atoms with Crippen molar-refractivity contribution in [3.05, 3.63) is 47.9 Å². The summed E-state index contributed by atoms with van der Waals surface area (Å²) in [5, 5.41) is 0. The van der Waals surface area contributed by atoms with Crippen LogP contribution in [0.5, 0.6) is 0 Å². The minimum atomic E-state index is -0.793. The number of carbonyl (C=O) groups excluding carboxylic acids is 1. The van der Waals surface area contributed by atoms with Gasteiger partial charge in [-0.2, -0.15) is 0 Å². The van der Waals surface area contributed by atoms with E-state index in [1.165, 1.54) is 12.5 Å². The van der Waals surface area contributed by atoms with Gasteiger partial charge in [0.05, 0.1) is 0 Å². The maximum Gasteiger partial charge on any atom is 0.273 e. The average molecular weight is 190 g/mol. The zero-order valence-electron chi connectivity index (χ0n) is 7.77. The van der Waals surface area contributed by atoms with Crippen LogP contribution < -0.4 is 0 Å². The first-order valence-corrected chi connectivity index (χ1v) is 4.31. The van der Waals surface area contributed by atoms with Crippen LogP contribution >= 0.6 is 0 Å². The Kier molecular flexibility index (Phi) is 2.00. The molecule has 0 aliphatic carbocycles. The zero-order chi connectivity index (χ0) is 10.0. The first-order valence-electron chi connectivity index (χ1n) is 4.31. The zero-order valence-corrected chi connectivity index (χ0v) is 7.77. The van der Waals surface area contributed by atoms with Crippen molar-refractivity contribution in [1.82, 2.24) is 0 Å². The van der Waals surface area contributed by atoms with Crippen LogP contribution in [0.4, 0.5) is 0 Å². The lowest BCUT2D eigenvalue weighted by atomic mass is 10.0. The molecule has 1 aromatic carbocycles. The van der Waals surface area contributed by atoms with E-state index in [0.29, 0.717) is 5.56 Å². The molecule has 0 aromatic heterocycles. The van der Waals surface area contributed by atoms with Crippen LogP contribution in [0.2, 0.25) is 0 Å². The Hall–Kier alpha value is -1.77. The minimum absolute atomic E-state index is 0.614. The summed E-state index contributed by atoms with van der Waals surface area (Å²) in [6, 6.07) is 7.15. The lowest BCUT2D eigenvalue weighted by Gasteiger charge is -2.23. The van der Waals surface area contributed by atoms with Gasteiger partial charge in [0.1, 0.15) is 18.8 Å². The third-order valence-electron chi connectivity index (χ3n) is 2.19. The van der Waals surface area contributed by atoms with Crippen molar-refractivity contribution in [2.45, 2.75) is 12.7 Å². The van der Waals surface area contributed by atoms with Gasteiger partial charge in [0.15, 0.2) is 0 Å². The van der Waals surface area contributed by atoms with Crippen molar-refractivity contribution in [3.8, 4) is 0 Å². The molecule has 0 unspecified atom stereocenters. The standard InChI is InChI=1S/C11H10O3/c1-11(13-5-6-14-11)10-4-2-3-9(7-10)8-12/h2-8H,1H3. The van der Waals surface area contributed by atoms with Gasteiger partial charge in [0.25, 0.3) is 5.79 Å². The molecule has 14 heavy (non-hydrogen) atoms. The van der Waals surface area contributed by atoms with Gasteiger partial charge in [-0.15, -0.1) is 0 Å². The Morgan fingerprint density at radius 3 is 2.64 bits per heavy atom. The number of ether oxygens (including phenoxy) is 2. The number of benzene rings is 1. The van der Waals surface area contributed by atoms with Crippen LogP contribution in [0.1, 0.15) is 22.8 Å². The van der Waals surface area contributed by atoms with Gasteiger partial charge in [0.2, 0.25) is 0 Å². The molecular formula is C11H10O3. The summed E-state index contributed by atoms with van der Waals surface area (Å²) in [6.45, 7) is 1.80. The van der Waals surface area contributed by atoms with Crippen LogP contribution in [0, 0.1) is 0 Å². The Labute approximate surface area is 81.9 Å². The van der Waals surface area contributed by atoms with E-state index in [2.05, 4.69) is 0 Å². The smallest absolute Gasteiger partial charge is 0.273 e. The molecule has 0 atom stereocenters. The number of hydrogen-bond donors (Lipinski definition) is 0. The van der Waals surface area contributed by atoms with Gasteiger partial charge in [-0.05, 0) is 6.07 Å². The quantitative estimate of drug-likeness (QED) is 0.670. The fourth-order valence-corrected chi connectivity index (χ4v) is 1.37. The summed E-state index contributed by atoms with van der Waals surface area (Å²) in [5.41, 5.74) is 1.44. The summed E-state index contributed by atoms with van der Waals surface area (Å²) in [7, 11) is 0. The van der Waals surface area contributed by atoms with E-state index in [4.69, 9.17) is 9.47 Å². The highest BCUT2D eigenvalue weighted by Crippen LogP contribution is 2.31. The molecule has 0 N–H and O–H groups in total. The lowest BCUT2D eigenvalue weighted by Crippen LogP contribution is -2.22. The second-order valence-corrected chi connectivity index (χ2v) is 3.20. The maximum absolute atomic E-state index is 10.6. The van der Waals surface area contributed by atoms with Crippen molar-refractivity contribution in [2.75, 3.05) is 0 Å². The van der Waals surface area contributed by atoms with Crippen LogP contribution in [0.3, 0.4) is 0 Å². The molecule has 0 saturated heterocycles. The molecule has 1 aromatic rings. The molecule has 1 aliphatic rings. The molecule has 0 fully saturated rings.